The van der Waals surface area contributed by atoms with Crippen LogP contribution in [-0.4, -0.2) is 45.0 Å². The Morgan fingerprint density at radius 3 is 2.44 bits per heavy atom. The van der Waals surface area contributed by atoms with Gasteiger partial charge in [-0.15, -0.1) is 0 Å². The number of fused-ring (bicyclic) bond motifs is 1. The fourth-order valence-electron chi connectivity index (χ4n) is 5.45. The van der Waals surface area contributed by atoms with Gasteiger partial charge in [-0.3, -0.25) is 9.59 Å². The number of ketones is 1. The number of nitrogens with zero attached hydrogens (tertiary/aromatic N) is 1. The molecule has 0 bridgehead atoms. The molecule has 4 aromatic rings. The summed E-state index contributed by atoms with van der Waals surface area (Å²) in [7, 11) is 0. The molecule has 2 unspecified atom stereocenters. The topological polar surface area (TPSA) is 121 Å². The van der Waals surface area contributed by atoms with Crippen LogP contribution in [0.2, 0.25) is 0 Å². The van der Waals surface area contributed by atoms with E-state index in [2.05, 4.69) is 51.7 Å². The van der Waals surface area contributed by atoms with E-state index in [9.17, 15) is 14.7 Å². The number of carbonyl (C=O) groups excluding carboxylic acids is 2. The number of Topliss-reactive ketones (excluding diaryl/α,β-unsaturated/α-hetero) is 1. The monoisotopic (exact) mass is 554 g/mol. The highest BCUT2D eigenvalue weighted by molar-refractivity contribution is 5.93. The first-order valence-electron chi connectivity index (χ1n) is 14.6. The number of aryl methyl sites for hydroxylation is 1. The molecule has 0 saturated heterocycles. The molecule has 41 heavy (non-hydrogen) atoms. The average molecular weight is 555 g/mol. The Morgan fingerprint density at radius 2 is 1.71 bits per heavy atom. The van der Waals surface area contributed by atoms with E-state index in [4.69, 9.17) is 5.73 Å². The minimum absolute atomic E-state index is 0.134. The number of nitrogens with one attached hydrogen (secondary N) is 2. The van der Waals surface area contributed by atoms with Crippen LogP contribution in [0, 0.1) is 11.8 Å². The summed E-state index contributed by atoms with van der Waals surface area (Å²) in [4.78, 5) is 34.3. The SMILES string of the molecule is CC(C)C[C@H](NC(=O)C(CCCc1ccccc1)Cc1cccc2ccccc12)C(=O)C(O)[C@@H](N)Cc1cnc[nH]1. The highest BCUT2D eigenvalue weighted by Crippen LogP contribution is 2.24. The molecule has 1 heterocycles. The maximum atomic E-state index is 13.9. The van der Waals surface area contributed by atoms with Gasteiger partial charge in [-0.05, 0) is 59.9 Å². The number of aromatic amines is 1. The number of carbonyl (C=O) groups is 2. The zero-order valence-electron chi connectivity index (χ0n) is 24.0. The predicted octanol–water partition coefficient (Wildman–Crippen LogP) is 4.78. The van der Waals surface area contributed by atoms with Crippen molar-refractivity contribution in [2.24, 2.45) is 17.6 Å². The maximum Gasteiger partial charge on any atom is 0.224 e. The van der Waals surface area contributed by atoms with E-state index >= 15 is 0 Å². The molecule has 1 aromatic heterocycles. The molecule has 0 aliphatic heterocycles. The number of benzene rings is 3. The first-order valence-corrected chi connectivity index (χ1v) is 14.6. The molecule has 4 atom stereocenters. The molecule has 216 valence electrons. The lowest BCUT2D eigenvalue weighted by molar-refractivity contribution is -0.135. The minimum Gasteiger partial charge on any atom is -0.384 e. The summed E-state index contributed by atoms with van der Waals surface area (Å²) in [5, 5.41) is 16.2. The quantitative estimate of drug-likeness (QED) is 0.169. The molecule has 0 aliphatic rings. The fourth-order valence-corrected chi connectivity index (χ4v) is 5.45. The zero-order valence-corrected chi connectivity index (χ0v) is 24.0. The molecular formula is C34H42N4O3. The van der Waals surface area contributed by atoms with Crippen molar-refractivity contribution in [3.8, 4) is 0 Å². The molecule has 0 spiro atoms. The number of nitrogens with two attached hydrogens (primary N) is 1. The number of imidazole rings is 1. The largest absolute Gasteiger partial charge is 0.384 e. The summed E-state index contributed by atoms with van der Waals surface area (Å²) in [6.45, 7) is 3.99. The van der Waals surface area contributed by atoms with Crippen LogP contribution in [0.15, 0.2) is 85.3 Å². The van der Waals surface area contributed by atoms with Gasteiger partial charge in [0.25, 0.3) is 0 Å². The predicted molar refractivity (Wildman–Crippen MR) is 163 cm³/mol. The van der Waals surface area contributed by atoms with E-state index in [1.165, 1.54) is 11.9 Å². The summed E-state index contributed by atoms with van der Waals surface area (Å²) in [6.07, 6.45) is 5.40. The molecular weight excluding hydrogens is 512 g/mol. The number of aliphatic hydroxyl groups excluding tert-OH is 1. The molecule has 0 radical (unpaired) electrons. The van der Waals surface area contributed by atoms with Crippen molar-refractivity contribution < 1.29 is 14.7 Å². The van der Waals surface area contributed by atoms with Gasteiger partial charge in [-0.2, -0.15) is 0 Å². The molecule has 1 amide bonds. The third kappa shape index (κ3) is 8.59. The molecule has 3 aromatic carbocycles. The van der Waals surface area contributed by atoms with Gasteiger partial charge in [0.15, 0.2) is 5.78 Å². The number of H-pyrrole nitrogens is 1. The summed E-state index contributed by atoms with van der Waals surface area (Å²) < 4.78 is 0. The number of hydrogen-bond donors (Lipinski definition) is 4. The van der Waals surface area contributed by atoms with Crippen molar-refractivity contribution in [1.29, 1.82) is 0 Å². The lowest BCUT2D eigenvalue weighted by Gasteiger charge is -2.27. The van der Waals surface area contributed by atoms with E-state index in [-0.39, 0.29) is 24.2 Å². The Hall–Kier alpha value is -3.81. The molecule has 0 saturated carbocycles. The van der Waals surface area contributed by atoms with Crippen LogP contribution in [0.1, 0.15) is 49.9 Å². The second kappa shape index (κ2) is 14.7. The number of aliphatic hydroxyl groups is 1. The fraction of sp³-hybridized carbons (Fsp3) is 0.382. The van der Waals surface area contributed by atoms with Crippen molar-refractivity contribution in [3.63, 3.8) is 0 Å². The third-order valence-electron chi connectivity index (χ3n) is 7.65. The van der Waals surface area contributed by atoms with Gasteiger partial charge < -0.3 is 21.1 Å². The first-order chi connectivity index (χ1) is 19.8. The third-order valence-corrected chi connectivity index (χ3v) is 7.65. The van der Waals surface area contributed by atoms with Crippen LogP contribution < -0.4 is 11.1 Å². The highest BCUT2D eigenvalue weighted by Gasteiger charge is 2.33. The van der Waals surface area contributed by atoms with E-state index in [1.807, 2.05) is 50.2 Å². The second-order valence-corrected chi connectivity index (χ2v) is 11.4. The molecule has 0 aliphatic carbocycles. The van der Waals surface area contributed by atoms with Crippen molar-refractivity contribution in [2.75, 3.05) is 0 Å². The van der Waals surface area contributed by atoms with Gasteiger partial charge in [0, 0.05) is 30.3 Å². The van der Waals surface area contributed by atoms with Gasteiger partial charge in [0.2, 0.25) is 5.91 Å². The van der Waals surface area contributed by atoms with Crippen molar-refractivity contribution in [1.82, 2.24) is 15.3 Å². The normalized spacial score (nSPS) is 14.5. The van der Waals surface area contributed by atoms with Crippen LogP contribution in [0.25, 0.3) is 10.8 Å². The van der Waals surface area contributed by atoms with Crippen LogP contribution >= 0.6 is 0 Å². The number of aromatic nitrogens is 2. The van der Waals surface area contributed by atoms with Gasteiger partial charge in [0.1, 0.15) is 6.10 Å². The van der Waals surface area contributed by atoms with Crippen LogP contribution in [0.3, 0.4) is 0 Å². The maximum absolute atomic E-state index is 13.9. The molecule has 7 heteroatoms. The van der Waals surface area contributed by atoms with E-state index < -0.39 is 24.0 Å². The number of hydrogen-bond acceptors (Lipinski definition) is 5. The number of rotatable bonds is 15. The highest BCUT2D eigenvalue weighted by atomic mass is 16.3. The Balaban J connectivity index is 1.51. The van der Waals surface area contributed by atoms with Crippen molar-refractivity contribution in [2.45, 2.75) is 70.6 Å². The molecule has 5 N–H and O–H groups in total. The minimum atomic E-state index is -1.41. The summed E-state index contributed by atoms with van der Waals surface area (Å²) in [6, 6.07) is 23.0. The van der Waals surface area contributed by atoms with E-state index in [1.54, 1.807) is 6.20 Å². The van der Waals surface area contributed by atoms with Crippen LogP contribution in [0.5, 0.6) is 0 Å². The smallest absolute Gasteiger partial charge is 0.224 e. The van der Waals surface area contributed by atoms with Gasteiger partial charge in [-0.1, -0.05) is 86.6 Å². The van der Waals surface area contributed by atoms with Crippen LogP contribution in [0.4, 0.5) is 0 Å². The summed E-state index contributed by atoms with van der Waals surface area (Å²) in [5.41, 5.74) is 9.29. The lowest BCUT2D eigenvalue weighted by atomic mass is 9.88. The Bertz CT molecular complexity index is 1380. The van der Waals surface area contributed by atoms with Crippen molar-refractivity contribution in [3.05, 3.63) is 102 Å². The first kappa shape index (κ1) is 30.2. The van der Waals surface area contributed by atoms with Gasteiger partial charge in [-0.25, -0.2) is 4.98 Å². The van der Waals surface area contributed by atoms with E-state index in [0.29, 0.717) is 19.3 Å². The van der Waals surface area contributed by atoms with Crippen molar-refractivity contribution >= 4 is 22.5 Å². The molecule has 4 rings (SSSR count). The van der Waals surface area contributed by atoms with Crippen LogP contribution in [-0.2, 0) is 28.9 Å². The lowest BCUT2D eigenvalue weighted by Crippen LogP contribution is -2.53. The zero-order chi connectivity index (χ0) is 29.2. The van der Waals surface area contributed by atoms with E-state index in [0.717, 1.165) is 34.9 Å². The molecule has 7 nitrogen and oxygen atoms in total. The summed E-state index contributed by atoms with van der Waals surface area (Å²) >= 11 is 0. The molecule has 0 fully saturated rings. The summed E-state index contributed by atoms with van der Waals surface area (Å²) in [5.74, 6) is -0.815. The standard InChI is InChI=1S/C34H42N4O3/c1-23(2)18-31(33(40)32(39)30(35)20-28-21-36-22-37-28)38-34(41)27(16-8-12-24-10-4-3-5-11-24)19-26-15-9-14-25-13-6-7-17-29(25)26/h3-7,9-11,13-15,17,21-23,27,30-32,39H,8,12,16,18-20,35H2,1-2H3,(H,36,37)(H,38,41)/t27?,30-,31-,32?/m0/s1. The Morgan fingerprint density at radius 1 is 0.976 bits per heavy atom. The Labute approximate surface area is 242 Å². The second-order valence-electron chi connectivity index (χ2n) is 11.4. The van der Waals surface area contributed by atoms with Gasteiger partial charge >= 0.3 is 0 Å². The Kier molecular flexibility index (Phi) is 10.8. The van der Waals surface area contributed by atoms with Gasteiger partial charge in [0.05, 0.1) is 12.4 Å². The average Bonchev–Trinajstić information content (AvgIpc) is 3.49. The number of amides is 1.